The number of amides is 1. The van der Waals surface area contributed by atoms with Crippen molar-refractivity contribution < 1.29 is 14.3 Å². The Labute approximate surface area is 234 Å². The molecule has 1 saturated heterocycles. The number of aromatic nitrogens is 4. The van der Waals surface area contributed by atoms with Gasteiger partial charge in [-0.1, -0.05) is 0 Å². The standard InChI is InChI=1S/C31H38N6O3/c1-5-35-24(12-19-7-6-10-33-28(19)35)29-34-22-11-21(30(38)36-17-20-8-9-23(36)26(20)32)13-25(39-3)27(22)37(29)16-18-14-31(2,15-18)40-4/h6-7,10-13,18,20,23,26H,5,8-9,14-17,32H2,1-4H3/t18-,20-,23-,26-,31-/m1/s1. The number of carbonyl (C=O) groups excluding carboxylic acids is 1. The Bertz CT molecular complexity index is 1620. The lowest BCUT2D eigenvalue weighted by Gasteiger charge is -2.44. The zero-order valence-corrected chi connectivity index (χ0v) is 23.8. The number of methoxy groups -OCH3 is 2. The molecule has 3 atom stereocenters. The van der Waals surface area contributed by atoms with Crippen LogP contribution in [0.5, 0.6) is 5.75 Å². The number of likely N-dealkylation sites (tertiary alicyclic amines) is 1. The molecule has 3 fully saturated rings. The van der Waals surface area contributed by atoms with Crippen LogP contribution in [0.1, 0.15) is 49.9 Å². The Morgan fingerprint density at radius 3 is 2.67 bits per heavy atom. The molecule has 4 heterocycles. The number of piperidine rings is 1. The monoisotopic (exact) mass is 542 g/mol. The molecule has 7 rings (SSSR count). The number of nitrogens with two attached hydrogens (primary N) is 1. The van der Waals surface area contributed by atoms with Crippen LogP contribution in [-0.4, -0.2) is 68.4 Å². The Hall–Kier alpha value is -3.43. The summed E-state index contributed by atoms with van der Waals surface area (Å²) in [5, 5.41) is 1.08. The number of rotatable bonds is 7. The molecule has 4 aromatic rings. The zero-order valence-electron chi connectivity index (χ0n) is 23.8. The van der Waals surface area contributed by atoms with Crippen LogP contribution in [0, 0.1) is 11.8 Å². The highest BCUT2D eigenvalue weighted by atomic mass is 16.5. The first kappa shape index (κ1) is 25.5. The molecule has 1 amide bonds. The first-order valence-electron chi connectivity index (χ1n) is 14.5. The van der Waals surface area contributed by atoms with E-state index in [1.165, 1.54) is 0 Å². The van der Waals surface area contributed by atoms with Gasteiger partial charge in [-0.05, 0) is 81.7 Å². The second-order valence-electron chi connectivity index (χ2n) is 12.2. The van der Waals surface area contributed by atoms with Crippen LogP contribution in [0.25, 0.3) is 33.6 Å². The van der Waals surface area contributed by atoms with Crippen LogP contribution >= 0.6 is 0 Å². The molecule has 3 aliphatic rings. The van der Waals surface area contributed by atoms with Crippen molar-refractivity contribution in [3.8, 4) is 17.3 Å². The van der Waals surface area contributed by atoms with Crippen molar-refractivity contribution in [2.45, 2.75) is 70.3 Å². The van der Waals surface area contributed by atoms with Gasteiger partial charge < -0.3 is 29.2 Å². The maximum atomic E-state index is 13.8. The molecule has 1 aliphatic heterocycles. The highest BCUT2D eigenvalue weighted by Crippen LogP contribution is 2.44. The van der Waals surface area contributed by atoms with Gasteiger partial charge in [0, 0.05) is 56.0 Å². The summed E-state index contributed by atoms with van der Waals surface area (Å²) in [6.45, 7) is 6.59. The Morgan fingerprint density at radius 1 is 1.18 bits per heavy atom. The summed E-state index contributed by atoms with van der Waals surface area (Å²) in [6, 6.07) is 10.2. The molecule has 2 saturated carbocycles. The minimum absolute atomic E-state index is 0.0145. The first-order valence-corrected chi connectivity index (χ1v) is 14.5. The van der Waals surface area contributed by atoms with E-state index in [0.717, 1.165) is 78.9 Å². The van der Waals surface area contributed by atoms with Gasteiger partial charge in [-0.2, -0.15) is 0 Å². The molecule has 3 aromatic heterocycles. The summed E-state index contributed by atoms with van der Waals surface area (Å²) < 4.78 is 16.2. The molecule has 40 heavy (non-hydrogen) atoms. The second kappa shape index (κ2) is 9.31. The lowest BCUT2D eigenvalue weighted by atomic mass is 9.72. The molecule has 2 N–H and O–H groups in total. The third-order valence-corrected chi connectivity index (χ3v) is 9.76. The molecule has 1 aromatic carbocycles. The molecular formula is C31H38N6O3. The van der Waals surface area contributed by atoms with Gasteiger partial charge in [0.15, 0.2) is 5.82 Å². The van der Waals surface area contributed by atoms with Crippen LogP contribution in [0.3, 0.4) is 0 Å². The normalized spacial score (nSPS) is 27.6. The van der Waals surface area contributed by atoms with Crippen LogP contribution in [-0.2, 0) is 17.8 Å². The van der Waals surface area contributed by atoms with Crippen molar-refractivity contribution in [2.24, 2.45) is 17.6 Å². The smallest absolute Gasteiger partial charge is 0.254 e. The summed E-state index contributed by atoms with van der Waals surface area (Å²) in [5.74, 6) is 2.40. The van der Waals surface area contributed by atoms with Gasteiger partial charge in [0.25, 0.3) is 5.91 Å². The molecule has 210 valence electrons. The first-order chi connectivity index (χ1) is 19.3. The summed E-state index contributed by atoms with van der Waals surface area (Å²) in [4.78, 5) is 25.6. The van der Waals surface area contributed by atoms with Gasteiger partial charge >= 0.3 is 0 Å². The average Bonchev–Trinajstić information content (AvgIpc) is 3.70. The van der Waals surface area contributed by atoms with Crippen LogP contribution in [0.4, 0.5) is 0 Å². The number of hydrogen-bond acceptors (Lipinski definition) is 6. The third kappa shape index (κ3) is 3.78. The predicted octanol–water partition coefficient (Wildman–Crippen LogP) is 4.46. The molecule has 0 unspecified atom stereocenters. The van der Waals surface area contributed by atoms with Gasteiger partial charge in [0.1, 0.15) is 16.9 Å². The maximum absolute atomic E-state index is 13.8. The minimum Gasteiger partial charge on any atom is -0.494 e. The van der Waals surface area contributed by atoms with Crippen molar-refractivity contribution in [3.63, 3.8) is 0 Å². The van der Waals surface area contributed by atoms with E-state index in [2.05, 4.69) is 40.1 Å². The van der Waals surface area contributed by atoms with Crippen LogP contribution < -0.4 is 10.5 Å². The van der Waals surface area contributed by atoms with Crippen molar-refractivity contribution in [3.05, 3.63) is 42.1 Å². The van der Waals surface area contributed by atoms with Gasteiger partial charge in [-0.25, -0.2) is 9.97 Å². The molecule has 0 spiro atoms. The zero-order chi connectivity index (χ0) is 27.8. The van der Waals surface area contributed by atoms with Crippen molar-refractivity contribution in [2.75, 3.05) is 20.8 Å². The number of imidazole rings is 1. The van der Waals surface area contributed by atoms with Gasteiger partial charge in [0.2, 0.25) is 0 Å². The fourth-order valence-electron chi connectivity index (χ4n) is 7.64. The Morgan fingerprint density at radius 2 is 2.00 bits per heavy atom. The fraction of sp³-hybridized carbons (Fsp3) is 0.516. The minimum atomic E-state index is -0.0803. The van der Waals surface area contributed by atoms with Crippen molar-refractivity contribution >= 4 is 28.0 Å². The summed E-state index contributed by atoms with van der Waals surface area (Å²) in [6.07, 6.45) is 5.89. The quantitative estimate of drug-likeness (QED) is 0.370. The number of pyridine rings is 1. The number of benzene rings is 1. The van der Waals surface area contributed by atoms with Gasteiger partial charge in [-0.15, -0.1) is 0 Å². The maximum Gasteiger partial charge on any atom is 0.254 e. The predicted molar refractivity (Wildman–Crippen MR) is 154 cm³/mol. The third-order valence-electron chi connectivity index (χ3n) is 9.76. The number of nitrogens with zero attached hydrogens (tertiary/aromatic N) is 5. The lowest BCUT2D eigenvalue weighted by molar-refractivity contribution is -0.0937. The number of carbonyl (C=O) groups is 1. The van der Waals surface area contributed by atoms with E-state index in [-0.39, 0.29) is 23.6 Å². The van der Waals surface area contributed by atoms with E-state index < -0.39 is 0 Å². The highest BCUT2D eigenvalue weighted by Gasteiger charge is 2.47. The van der Waals surface area contributed by atoms with E-state index in [1.54, 1.807) is 14.2 Å². The van der Waals surface area contributed by atoms with E-state index in [1.807, 2.05) is 29.3 Å². The van der Waals surface area contributed by atoms with Crippen molar-refractivity contribution in [1.29, 1.82) is 0 Å². The Kier molecular flexibility index (Phi) is 5.94. The highest BCUT2D eigenvalue weighted by molar-refractivity contribution is 6.00. The summed E-state index contributed by atoms with van der Waals surface area (Å²) >= 11 is 0. The number of ether oxygens (including phenoxy) is 2. The van der Waals surface area contributed by atoms with E-state index in [9.17, 15) is 4.79 Å². The second-order valence-corrected chi connectivity index (χ2v) is 12.2. The van der Waals surface area contributed by atoms with Crippen molar-refractivity contribution in [1.82, 2.24) is 24.0 Å². The molecule has 0 radical (unpaired) electrons. The molecule has 9 heteroatoms. The molecule has 2 aliphatic carbocycles. The van der Waals surface area contributed by atoms with E-state index in [4.69, 9.17) is 20.2 Å². The largest absolute Gasteiger partial charge is 0.494 e. The average molecular weight is 543 g/mol. The number of hydrogen-bond donors (Lipinski definition) is 1. The van der Waals surface area contributed by atoms with Crippen LogP contribution in [0.2, 0.25) is 0 Å². The molecule has 9 nitrogen and oxygen atoms in total. The topological polar surface area (TPSA) is 100 Å². The van der Waals surface area contributed by atoms with E-state index >= 15 is 0 Å². The lowest BCUT2D eigenvalue weighted by Crippen LogP contribution is -2.44. The SMILES string of the molecule is CCn1c(-c2nc3cc(C(=O)N4C[C@H]5CC[C@@H]4[C@@H]5N)cc(OC)c3n2C[C@H]2C[C@](C)(OC)C2)cc2cccnc21. The van der Waals surface area contributed by atoms with Gasteiger partial charge in [-0.3, -0.25) is 4.79 Å². The molecule has 2 bridgehead atoms. The number of fused-ring (bicyclic) bond motifs is 4. The van der Waals surface area contributed by atoms with E-state index in [0.29, 0.717) is 23.1 Å². The summed E-state index contributed by atoms with van der Waals surface area (Å²) in [5.41, 5.74) is 10.6. The van der Waals surface area contributed by atoms with Crippen LogP contribution in [0.15, 0.2) is 36.5 Å². The molecular weight excluding hydrogens is 504 g/mol. The number of aryl methyl sites for hydroxylation is 1. The summed E-state index contributed by atoms with van der Waals surface area (Å²) in [7, 11) is 3.47. The fourth-order valence-corrected chi connectivity index (χ4v) is 7.64. The van der Waals surface area contributed by atoms with Gasteiger partial charge in [0.05, 0.1) is 23.9 Å². The Balaban J connectivity index is 1.37.